The molecule has 1 aliphatic carbocycles. The first-order valence-electron chi connectivity index (χ1n) is 7.62. The molecule has 0 spiro atoms. The number of nitriles is 1. The fraction of sp³-hybridized carbons (Fsp3) is 0.353. The van der Waals surface area contributed by atoms with Gasteiger partial charge in [0.15, 0.2) is 0 Å². The van der Waals surface area contributed by atoms with E-state index in [9.17, 15) is 14.9 Å². The van der Waals surface area contributed by atoms with Crippen molar-refractivity contribution in [3.63, 3.8) is 0 Å². The zero-order chi connectivity index (χ0) is 16.4. The number of nitrogens with one attached hydrogen (secondary N) is 2. The Morgan fingerprint density at radius 3 is 2.83 bits per heavy atom. The Kier molecular flexibility index (Phi) is 4.49. The minimum atomic E-state index is -0.397. The Bertz CT molecular complexity index is 736. The summed E-state index contributed by atoms with van der Waals surface area (Å²) < 4.78 is 0.763. The van der Waals surface area contributed by atoms with Gasteiger partial charge in [-0.15, -0.1) is 0 Å². The molecule has 2 unspecified atom stereocenters. The van der Waals surface area contributed by atoms with Crippen molar-refractivity contribution in [2.24, 2.45) is 5.92 Å². The van der Waals surface area contributed by atoms with Gasteiger partial charge in [0.2, 0.25) is 11.7 Å². The zero-order valence-corrected chi connectivity index (χ0v) is 14.0. The molecule has 1 saturated heterocycles. The number of benzene rings is 1. The lowest BCUT2D eigenvalue weighted by atomic mass is 9.82. The number of hydrogen-bond acceptors (Lipinski definition) is 4. The average molecular weight is 374 g/mol. The van der Waals surface area contributed by atoms with Gasteiger partial charge in [0.1, 0.15) is 17.5 Å². The third-order valence-electron chi connectivity index (χ3n) is 4.36. The third-order valence-corrected chi connectivity index (χ3v) is 4.85. The minimum absolute atomic E-state index is 0.00570. The second kappa shape index (κ2) is 6.55. The predicted octanol–water partition coefficient (Wildman–Crippen LogP) is 2.65. The summed E-state index contributed by atoms with van der Waals surface area (Å²) in [4.78, 5) is 24.9. The molecule has 1 aromatic rings. The molecule has 1 heterocycles. The summed E-state index contributed by atoms with van der Waals surface area (Å²) in [5.74, 6) is -0.330. The van der Waals surface area contributed by atoms with E-state index in [0.29, 0.717) is 5.56 Å². The Labute approximate surface area is 142 Å². The molecule has 1 aromatic carbocycles. The van der Waals surface area contributed by atoms with Gasteiger partial charge in [-0.3, -0.25) is 9.59 Å². The lowest BCUT2D eigenvalue weighted by Crippen LogP contribution is -2.55. The molecule has 23 heavy (non-hydrogen) atoms. The normalized spacial score (nSPS) is 25.5. The van der Waals surface area contributed by atoms with Crippen molar-refractivity contribution in [2.75, 3.05) is 0 Å². The summed E-state index contributed by atoms with van der Waals surface area (Å²) in [6.45, 7) is 0. The van der Waals surface area contributed by atoms with Crippen molar-refractivity contribution < 1.29 is 9.59 Å². The van der Waals surface area contributed by atoms with Gasteiger partial charge in [0, 0.05) is 16.1 Å². The van der Waals surface area contributed by atoms with Gasteiger partial charge in [0.25, 0.3) is 0 Å². The van der Waals surface area contributed by atoms with Gasteiger partial charge in [0.05, 0.1) is 5.92 Å². The van der Waals surface area contributed by atoms with Crippen LogP contribution in [0.1, 0.15) is 36.0 Å². The number of hydrogen-bond donors (Lipinski definition) is 2. The van der Waals surface area contributed by atoms with Crippen molar-refractivity contribution in [2.45, 2.75) is 31.7 Å². The summed E-state index contributed by atoms with van der Waals surface area (Å²) in [6.07, 6.45) is 3.82. The summed E-state index contributed by atoms with van der Waals surface area (Å²) in [7, 11) is 0. The number of amides is 1. The van der Waals surface area contributed by atoms with E-state index in [1.807, 2.05) is 12.1 Å². The van der Waals surface area contributed by atoms with E-state index < -0.39 is 5.78 Å². The standard InChI is InChI=1S/C17H16BrN3O2/c18-11-5-3-4-10(8-11)15(22)13(9-19)16-20-14-7-2-1-6-12(14)17(23)21-16/h3-5,8,12,14,20H,1-2,6-7H2,(H,21,23)/b16-13-. The Balaban J connectivity index is 1.93. The second-order valence-corrected chi connectivity index (χ2v) is 6.75. The topological polar surface area (TPSA) is 82.0 Å². The van der Waals surface area contributed by atoms with Crippen molar-refractivity contribution in [3.8, 4) is 6.07 Å². The maximum absolute atomic E-state index is 12.6. The number of ketones is 1. The smallest absolute Gasteiger partial charge is 0.230 e. The van der Waals surface area contributed by atoms with Crippen LogP contribution in [0.4, 0.5) is 0 Å². The number of Topliss-reactive ketones (excluding diaryl/α,β-unsaturated/α-hetero) is 1. The van der Waals surface area contributed by atoms with Crippen molar-refractivity contribution in [1.29, 1.82) is 5.26 Å². The fourth-order valence-corrected chi connectivity index (χ4v) is 3.58. The number of rotatable bonds is 2. The largest absolute Gasteiger partial charge is 0.367 e. The van der Waals surface area contributed by atoms with E-state index in [2.05, 4.69) is 26.6 Å². The molecule has 1 aliphatic heterocycles. The van der Waals surface area contributed by atoms with E-state index in [-0.39, 0.29) is 29.3 Å². The van der Waals surface area contributed by atoms with Gasteiger partial charge >= 0.3 is 0 Å². The molecule has 1 saturated carbocycles. The molecular formula is C17H16BrN3O2. The van der Waals surface area contributed by atoms with Crippen LogP contribution in [0.3, 0.4) is 0 Å². The SMILES string of the molecule is N#C/C(C(=O)c1cccc(Br)c1)=C1/NC(=O)C2CCCCC2N1. The highest BCUT2D eigenvalue weighted by Gasteiger charge is 2.37. The lowest BCUT2D eigenvalue weighted by molar-refractivity contribution is -0.127. The first kappa shape index (κ1) is 15.8. The predicted molar refractivity (Wildman–Crippen MR) is 88.1 cm³/mol. The van der Waals surface area contributed by atoms with Crippen LogP contribution in [0.5, 0.6) is 0 Å². The van der Waals surface area contributed by atoms with E-state index in [0.717, 1.165) is 30.2 Å². The number of halogens is 1. The molecule has 2 aliphatic rings. The Hall–Kier alpha value is -2.13. The molecule has 3 rings (SSSR count). The monoisotopic (exact) mass is 373 g/mol. The van der Waals surface area contributed by atoms with Gasteiger partial charge in [-0.25, -0.2) is 0 Å². The molecule has 0 bridgehead atoms. The van der Waals surface area contributed by atoms with Crippen LogP contribution in [0.2, 0.25) is 0 Å². The van der Waals surface area contributed by atoms with Crippen LogP contribution in [-0.4, -0.2) is 17.7 Å². The molecule has 0 radical (unpaired) electrons. The van der Waals surface area contributed by atoms with E-state index in [1.165, 1.54) is 0 Å². The number of allylic oxidation sites excluding steroid dienone is 1. The summed E-state index contributed by atoms with van der Waals surface area (Å²) >= 11 is 3.32. The van der Waals surface area contributed by atoms with E-state index >= 15 is 0 Å². The van der Waals surface area contributed by atoms with Crippen LogP contribution in [0.15, 0.2) is 40.1 Å². The first-order valence-corrected chi connectivity index (χ1v) is 8.41. The van der Waals surface area contributed by atoms with Crippen LogP contribution >= 0.6 is 15.9 Å². The molecule has 0 aromatic heterocycles. The highest BCUT2D eigenvalue weighted by Crippen LogP contribution is 2.28. The van der Waals surface area contributed by atoms with E-state index in [4.69, 9.17) is 0 Å². The molecule has 2 atom stereocenters. The van der Waals surface area contributed by atoms with Crippen LogP contribution in [0.25, 0.3) is 0 Å². The van der Waals surface area contributed by atoms with E-state index in [1.54, 1.807) is 18.2 Å². The summed E-state index contributed by atoms with van der Waals surface area (Å²) in [5.41, 5.74) is 0.353. The van der Waals surface area contributed by atoms with Gasteiger partial charge in [-0.2, -0.15) is 5.26 Å². The van der Waals surface area contributed by atoms with Gasteiger partial charge in [-0.1, -0.05) is 40.9 Å². The fourth-order valence-electron chi connectivity index (χ4n) is 3.18. The van der Waals surface area contributed by atoms with Gasteiger partial charge in [-0.05, 0) is 25.0 Å². The minimum Gasteiger partial charge on any atom is -0.367 e. The Morgan fingerprint density at radius 2 is 2.09 bits per heavy atom. The maximum atomic E-state index is 12.6. The highest BCUT2D eigenvalue weighted by atomic mass is 79.9. The number of fused-ring (bicyclic) bond motifs is 1. The summed E-state index contributed by atoms with van der Waals surface area (Å²) in [5, 5.41) is 15.3. The molecule has 2 N–H and O–H groups in total. The highest BCUT2D eigenvalue weighted by molar-refractivity contribution is 9.10. The number of nitrogens with zero attached hydrogens (tertiary/aromatic N) is 1. The van der Waals surface area contributed by atoms with Crippen molar-refractivity contribution in [1.82, 2.24) is 10.6 Å². The molecule has 6 heteroatoms. The lowest BCUT2D eigenvalue weighted by Gasteiger charge is -2.37. The molecule has 118 valence electrons. The van der Waals surface area contributed by atoms with Crippen molar-refractivity contribution >= 4 is 27.6 Å². The second-order valence-electron chi connectivity index (χ2n) is 5.83. The maximum Gasteiger partial charge on any atom is 0.230 e. The molecular weight excluding hydrogens is 358 g/mol. The van der Waals surface area contributed by atoms with Crippen molar-refractivity contribution in [3.05, 3.63) is 45.7 Å². The molecule has 2 fully saturated rings. The third kappa shape index (κ3) is 3.15. The molecule has 5 nitrogen and oxygen atoms in total. The summed E-state index contributed by atoms with van der Waals surface area (Å²) in [6, 6.07) is 8.81. The number of carbonyl (C=O) groups is 2. The Morgan fingerprint density at radius 1 is 1.30 bits per heavy atom. The first-order chi connectivity index (χ1) is 11.1. The van der Waals surface area contributed by atoms with Crippen LogP contribution in [-0.2, 0) is 4.79 Å². The van der Waals surface area contributed by atoms with Gasteiger partial charge < -0.3 is 10.6 Å². The van der Waals surface area contributed by atoms with Crippen LogP contribution < -0.4 is 10.6 Å². The number of carbonyl (C=O) groups excluding carboxylic acids is 2. The quantitative estimate of drug-likeness (QED) is 0.474. The zero-order valence-electron chi connectivity index (χ0n) is 12.4. The molecule has 1 amide bonds. The van der Waals surface area contributed by atoms with Crippen LogP contribution in [0, 0.1) is 17.2 Å². The average Bonchev–Trinajstić information content (AvgIpc) is 2.55.